The molecular formula is C23H22N6O. The first-order chi connectivity index (χ1) is 14.6. The highest BCUT2D eigenvalue weighted by Gasteiger charge is 2.31. The fourth-order valence-corrected chi connectivity index (χ4v) is 3.68. The number of ketones is 1. The Hall–Kier alpha value is -3.79. The first-order valence-corrected chi connectivity index (χ1v) is 9.79. The van der Waals surface area contributed by atoms with Crippen LogP contribution in [0.4, 0.5) is 11.4 Å². The highest BCUT2D eigenvalue weighted by Crippen LogP contribution is 2.33. The first kappa shape index (κ1) is 20.9. The molecule has 0 spiro atoms. The first-order valence-electron chi connectivity index (χ1n) is 9.79. The van der Waals surface area contributed by atoms with Gasteiger partial charge in [0.25, 0.3) is 0 Å². The normalized spacial score (nSPS) is 21.4. The van der Waals surface area contributed by atoms with Gasteiger partial charge in [-0.1, -0.05) is 90.0 Å². The number of nitrogens with zero attached hydrogens (tertiary/aromatic N) is 6. The number of carbonyl (C=O) groups excluding carboxylic acids is 1. The molecule has 0 aliphatic heterocycles. The van der Waals surface area contributed by atoms with Crippen LogP contribution in [0.5, 0.6) is 0 Å². The number of carbonyl (C=O) groups is 1. The van der Waals surface area contributed by atoms with Gasteiger partial charge in [-0.3, -0.25) is 4.79 Å². The Balaban J connectivity index is 1.69. The maximum Gasteiger partial charge on any atom is 0.146 e. The van der Waals surface area contributed by atoms with Crippen molar-refractivity contribution < 1.29 is 4.79 Å². The van der Waals surface area contributed by atoms with Crippen LogP contribution in [-0.2, 0) is 4.79 Å². The van der Waals surface area contributed by atoms with Crippen molar-refractivity contribution >= 4 is 29.3 Å². The van der Waals surface area contributed by atoms with Gasteiger partial charge in [-0.25, -0.2) is 0 Å². The van der Waals surface area contributed by atoms with Gasteiger partial charge >= 0.3 is 0 Å². The highest BCUT2D eigenvalue weighted by atomic mass is 16.1. The smallest absolute Gasteiger partial charge is 0.146 e. The Labute approximate surface area is 175 Å². The predicted molar refractivity (Wildman–Crippen MR) is 119 cm³/mol. The van der Waals surface area contributed by atoms with Crippen LogP contribution in [0.15, 0.2) is 70.9 Å². The number of rotatable bonds is 6. The van der Waals surface area contributed by atoms with Crippen LogP contribution >= 0.6 is 0 Å². The summed E-state index contributed by atoms with van der Waals surface area (Å²) < 4.78 is 0. The van der Waals surface area contributed by atoms with Crippen LogP contribution in [0.25, 0.3) is 33.0 Å². The zero-order valence-corrected chi connectivity index (χ0v) is 16.7. The second-order valence-corrected chi connectivity index (χ2v) is 7.47. The lowest BCUT2D eigenvalue weighted by atomic mass is 9.74. The van der Waals surface area contributed by atoms with Gasteiger partial charge in [0, 0.05) is 33.0 Å². The van der Waals surface area contributed by atoms with E-state index in [4.69, 9.17) is 11.1 Å². The van der Waals surface area contributed by atoms with E-state index in [2.05, 4.69) is 27.0 Å². The minimum Gasteiger partial charge on any atom is -0.298 e. The Bertz CT molecular complexity index is 959. The van der Waals surface area contributed by atoms with Crippen LogP contribution in [0, 0.1) is 17.8 Å². The maximum absolute atomic E-state index is 13.0. The molecule has 0 heterocycles. The van der Waals surface area contributed by atoms with Crippen molar-refractivity contribution in [2.75, 3.05) is 0 Å². The predicted octanol–water partition coefficient (Wildman–Crippen LogP) is 7.53. The second-order valence-electron chi connectivity index (χ2n) is 7.47. The molecule has 0 N–H and O–H groups in total. The van der Waals surface area contributed by atoms with Gasteiger partial charge in [0.05, 0.1) is 0 Å². The van der Waals surface area contributed by atoms with E-state index in [1.54, 1.807) is 24.3 Å². The average Bonchev–Trinajstić information content (AvgIpc) is 2.75. The molecule has 1 fully saturated rings. The summed E-state index contributed by atoms with van der Waals surface area (Å²) in [6.45, 7) is 2.18. The monoisotopic (exact) mass is 398 g/mol. The average molecular weight is 398 g/mol. The van der Waals surface area contributed by atoms with E-state index in [0.717, 1.165) is 24.0 Å². The summed E-state index contributed by atoms with van der Waals surface area (Å²) in [7, 11) is 0. The van der Waals surface area contributed by atoms with Crippen molar-refractivity contribution in [2.24, 2.45) is 28.0 Å². The standard InChI is InChI=1S/C23H22N6O/c1-16-14-19(8-2-17-4-10-21(11-5-17)26-28-24)23(30)20(15-16)9-3-18-6-12-22(13-7-18)27-29-25/h2-13,16,19-20H,14-15H2,1H3/b8-2+,9-3+. The minimum atomic E-state index is -0.118. The summed E-state index contributed by atoms with van der Waals surface area (Å²) >= 11 is 0. The van der Waals surface area contributed by atoms with Crippen molar-refractivity contribution in [3.63, 3.8) is 0 Å². The molecular weight excluding hydrogens is 376 g/mol. The molecule has 0 amide bonds. The van der Waals surface area contributed by atoms with Crippen molar-refractivity contribution in [3.8, 4) is 0 Å². The lowest BCUT2D eigenvalue weighted by molar-refractivity contribution is -0.126. The zero-order chi connectivity index (χ0) is 21.3. The van der Waals surface area contributed by atoms with Crippen LogP contribution in [0.3, 0.4) is 0 Å². The molecule has 1 aliphatic carbocycles. The van der Waals surface area contributed by atoms with Gasteiger partial charge in [0.2, 0.25) is 0 Å². The molecule has 2 atom stereocenters. The number of benzene rings is 2. The molecule has 1 aliphatic rings. The van der Waals surface area contributed by atoms with E-state index < -0.39 is 0 Å². The lowest BCUT2D eigenvalue weighted by Crippen LogP contribution is -2.30. The Morgan fingerprint density at radius 3 is 1.57 bits per heavy atom. The number of allylic oxidation sites excluding steroid dienone is 2. The molecule has 3 rings (SSSR count). The van der Waals surface area contributed by atoms with Crippen LogP contribution in [0.2, 0.25) is 0 Å². The van der Waals surface area contributed by atoms with E-state index >= 15 is 0 Å². The molecule has 7 heteroatoms. The van der Waals surface area contributed by atoms with Gasteiger partial charge in [0.1, 0.15) is 5.78 Å². The molecule has 0 aromatic heterocycles. The minimum absolute atomic E-state index is 0.118. The zero-order valence-electron chi connectivity index (χ0n) is 16.7. The number of hydrogen-bond acceptors (Lipinski definition) is 3. The van der Waals surface area contributed by atoms with Crippen molar-refractivity contribution in [2.45, 2.75) is 19.8 Å². The van der Waals surface area contributed by atoms with Gasteiger partial charge in [-0.05, 0) is 40.9 Å². The summed E-state index contributed by atoms with van der Waals surface area (Å²) in [5.41, 5.74) is 20.0. The molecule has 2 unspecified atom stereocenters. The third-order valence-corrected chi connectivity index (χ3v) is 5.19. The number of azide groups is 2. The van der Waals surface area contributed by atoms with E-state index in [1.807, 2.05) is 48.6 Å². The second kappa shape index (κ2) is 10.1. The molecule has 2 aromatic rings. The Kier molecular flexibility index (Phi) is 7.06. The van der Waals surface area contributed by atoms with Gasteiger partial charge in [-0.2, -0.15) is 0 Å². The summed E-state index contributed by atoms with van der Waals surface area (Å²) in [5.74, 6) is 0.448. The third-order valence-electron chi connectivity index (χ3n) is 5.19. The fourth-order valence-electron chi connectivity index (χ4n) is 3.68. The number of Topliss-reactive ketones (excluding diaryl/α,β-unsaturated/α-hetero) is 1. The van der Waals surface area contributed by atoms with Crippen molar-refractivity contribution in [3.05, 3.63) is 92.7 Å². The molecule has 30 heavy (non-hydrogen) atoms. The van der Waals surface area contributed by atoms with Crippen LogP contribution in [-0.4, -0.2) is 5.78 Å². The fraction of sp³-hybridized carbons (Fsp3) is 0.261. The van der Waals surface area contributed by atoms with Gasteiger partial charge in [-0.15, -0.1) is 0 Å². The van der Waals surface area contributed by atoms with Crippen molar-refractivity contribution in [1.82, 2.24) is 0 Å². The van der Waals surface area contributed by atoms with Crippen LogP contribution in [0.1, 0.15) is 30.9 Å². The number of hydrogen-bond donors (Lipinski definition) is 0. The van der Waals surface area contributed by atoms with E-state index in [0.29, 0.717) is 17.3 Å². The summed E-state index contributed by atoms with van der Waals surface area (Å²) in [4.78, 5) is 18.5. The summed E-state index contributed by atoms with van der Waals surface area (Å²) in [6.07, 6.45) is 9.56. The summed E-state index contributed by atoms with van der Waals surface area (Å²) in [5, 5.41) is 7.13. The summed E-state index contributed by atoms with van der Waals surface area (Å²) in [6, 6.07) is 14.5. The molecule has 1 saturated carbocycles. The Morgan fingerprint density at radius 1 is 0.800 bits per heavy atom. The van der Waals surface area contributed by atoms with Crippen LogP contribution < -0.4 is 0 Å². The third kappa shape index (κ3) is 5.61. The SMILES string of the molecule is CC1CC(/C=C/c2ccc(N=[N+]=[N-])cc2)C(=O)C(/C=C/c2ccc(N=[N+]=[N-])cc2)C1. The van der Waals surface area contributed by atoms with Gasteiger partial charge < -0.3 is 0 Å². The maximum atomic E-state index is 13.0. The van der Waals surface area contributed by atoms with E-state index in [-0.39, 0.29) is 17.6 Å². The lowest BCUT2D eigenvalue weighted by Gasteiger charge is -2.29. The van der Waals surface area contributed by atoms with E-state index in [1.165, 1.54) is 0 Å². The van der Waals surface area contributed by atoms with Gasteiger partial charge in [0.15, 0.2) is 0 Å². The molecule has 150 valence electrons. The largest absolute Gasteiger partial charge is 0.298 e. The molecule has 7 nitrogen and oxygen atoms in total. The van der Waals surface area contributed by atoms with Crippen molar-refractivity contribution in [1.29, 1.82) is 0 Å². The topological polar surface area (TPSA) is 115 Å². The Morgan fingerprint density at radius 2 is 1.20 bits per heavy atom. The molecule has 0 saturated heterocycles. The highest BCUT2D eigenvalue weighted by molar-refractivity contribution is 5.88. The molecule has 0 bridgehead atoms. The van der Waals surface area contributed by atoms with E-state index in [9.17, 15) is 4.79 Å². The molecule has 2 aromatic carbocycles. The molecule has 0 radical (unpaired) electrons. The quantitative estimate of drug-likeness (QED) is 0.279.